The Morgan fingerprint density at radius 3 is 1.96 bits per heavy atom. The smallest absolute Gasteiger partial charge is 0.320 e. The Labute approximate surface area is 146 Å². The monoisotopic (exact) mass is 390 g/mol. The molecule has 23 heavy (non-hydrogen) atoms. The van der Waals surface area contributed by atoms with Crippen LogP contribution < -0.4 is 11.5 Å². The van der Waals surface area contributed by atoms with Gasteiger partial charge in [0.15, 0.2) is 6.29 Å². The molecular formula is C12H26N2O8Zn. The third kappa shape index (κ3) is 13.6. The van der Waals surface area contributed by atoms with Gasteiger partial charge in [0.25, 0.3) is 0 Å². The van der Waals surface area contributed by atoms with Crippen molar-refractivity contribution in [3.05, 3.63) is 0 Å². The predicted octanol–water partition coefficient (Wildman–Crippen LogP) is -3.85. The van der Waals surface area contributed by atoms with E-state index in [0.717, 1.165) is 12.8 Å². The van der Waals surface area contributed by atoms with E-state index in [1.807, 2.05) is 0 Å². The van der Waals surface area contributed by atoms with E-state index in [9.17, 15) is 9.59 Å². The number of hydrogen-bond donors (Lipinski definition) is 8. The maximum absolute atomic E-state index is 10.1. The molecule has 0 aliphatic carbocycles. The summed E-state index contributed by atoms with van der Waals surface area (Å²) in [7, 11) is 0. The standard InChI is InChI=1S/C6H14N2O2.C6H12O6.Zn/c7-4-2-1-3-5(8)6(9)10;7-1-3(9)5(11)6(12)4(10)2-8;/h5H,1-4,7-8H2,(H,9,10);1,3-6,8-12H,2H2;. The molecule has 0 spiro atoms. The third-order valence-corrected chi connectivity index (χ3v) is 2.71. The Morgan fingerprint density at radius 1 is 1.09 bits per heavy atom. The van der Waals surface area contributed by atoms with Gasteiger partial charge >= 0.3 is 5.97 Å². The fourth-order valence-corrected chi connectivity index (χ4v) is 1.25. The molecule has 134 valence electrons. The average Bonchev–Trinajstić information content (AvgIpc) is 2.52. The van der Waals surface area contributed by atoms with E-state index < -0.39 is 43.0 Å². The molecule has 0 saturated carbocycles. The number of carbonyl (C=O) groups excluding carboxylic acids is 1. The number of aliphatic hydroxyl groups is 5. The first kappa shape index (κ1) is 27.3. The summed E-state index contributed by atoms with van der Waals surface area (Å²) in [6, 6.07) is -0.716. The number of aldehydes is 1. The van der Waals surface area contributed by atoms with Crippen LogP contribution in [0.4, 0.5) is 0 Å². The minimum absolute atomic E-state index is 0. The summed E-state index contributed by atoms with van der Waals surface area (Å²) in [4.78, 5) is 20.0. The number of rotatable bonds is 10. The topological polar surface area (TPSA) is 208 Å². The normalized spacial score (nSPS) is 16.7. The molecule has 0 aromatic carbocycles. The van der Waals surface area contributed by atoms with E-state index in [0.29, 0.717) is 13.0 Å². The molecule has 0 rings (SSSR count). The van der Waals surface area contributed by atoms with Crippen LogP contribution in [0.15, 0.2) is 0 Å². The van der Waals surface area contributed by atoms with Crippen molar-refractivity contribution in [1.82, 2.24) is 0 Å². The zero-order valence-electron chi connectivity index (χ0n) is 12.9. The molecule has 5 atom stereocenters. The zero-order chi connectivity index (χ0) is 17.7. The van der Waals surface area contributed by atoms with Crippen molar-refractivity contribution in [3.63, 3.8) is 0 Å². The summed E-state index contributed by atoms with van der Waals surface area (Å²) in [6.45, 7) is -0.157. The van der Waals surface area contributed by atoms with Crippen LogP contribution in [0.1, 0.15) is 19.3 Å². The Hall–Kier alpha value is -0.517. The van der Waals surface area contributed by atoms with Crippen LogP contribution in [0, 0.1) is 0 Å². The van der Waals surface area contributed by atoms with Crippen LogP contribution in [-0.4, -0.2) is 86.5 Å². The summed E-state index contributed by atoms with van der Waals surface area (Å²) in [5, 5.41) is 51.9. The van der Waals surface area contributed by atoms with Crippen LogP contribution in [0.3, 0.4) is 0 Å². The largest absolute Gasteiger partial charge is 0.480 e. The van der Waals surface area contributed by atoms with Gasteiger partial charge in [-0.2, -0.15) is 0 Å². The molecule has 0 radical (unpaired) electrons. The summed E-state index contributed by atoms with van der Waals surface area (Å²) < 4.78 is 0. The fraction of sp³-hybridized carbons (Fsp3) is 0.833. The molecule has 11 heteroatoms. The van der Waals surface area contributed by atoms with Gasteiger partial charge in [-0.15, -0.1) is 0 Å². The van der Waals surface area contributed by atoms with Crippen LogP contribution in [0.5, 0.6) is 0 Å². The minimum atomic E-state index is -1.79. The molecule has 0 amide bonds. The quantitative estimate of drug-likeness (QED) is 0.103. The molecule has 0 aromatic heterocycles. The zero-order valence-corrected chi connectivity index (χ0v) is 15.8. The van der Waals surface area contributed by atoms with Crippen molar-refractivity contribution in [1.29, 1.82) is 0 Å². The van der Waals surface area contributed by atoms with Gasteiger partial charge in [0.05, 0.1) is 6.61 Å². The SMILES string of the molecule is NCCCCC(N)C(=O)O.O=CC(O)C(O)C(O)C(O)CO.[Zn]. The number of hydrogen-bond acceptors (Lipinski definition) is 9. The first-order valence-electron chi connectivity index (χ1n) is 6.69. The van der Waals surface area contributed by atoms with Crippen molar-refractivity contribution >= 4 is 12.3 Å². The van der Waals surface area contributed by atoms with Crippen LogP contribution in [0.2, 0.25) is 0 Å². The maximum Gasteiger partial charge on any atom is 0.320 e. The van der Waals surface area contributed by atoms with Crippen molar-refractivity contribution < 1.29 is 59.7 Å². The molecule has 10 nitrogen and oxygen atoms in total. The number of carbonyl (C=O) groups is 2. The van der Waals surface area contributed by atoms with E-state index in [4.69, 9.17) is 42.1 Å². The Kier molecular flexibility index (Phi) is 19.4. The summed E-state index contributed by atoms with van der Waals surface area (Å²) in [5.74, 6) is -0.933. The fourth-order valence-electron chi connectivity index (χ4n) is 1.25. The summed E-state index contributed by atoms with van der Waals surface area (Å²) in [6.07, 6.45) is -4.68. The molecule has 0 bridgehead atoms. The number of nitrogens with two attached hydrogens (primary N) is 2. The van der Waals surface area contributed by atoms with E-state index in [1.54, 1.807) is 0 Å². The second kappa shape index (κ2) is 16.3. The number of aliphatic carboxylic acids is 1. The summed E-state index contributed by atoms with van der Waals surface area (Å²) in [5.41, 5.74) is 10.4. The number of unbranched alkanes of at least 4 members (excludes halogenated alkanes) is 1. The van der Waals surface area contributed by atoms with Crippen LogP contribution in [-0.2, 0) is 29.1 Å². The number of carboxylic acid groups (broad SMARTS) is 1. The molecule has 0 aromatic rings. The average molecular weight is 392 g/mol. The second-order valence-corrected chi connectivity index (χ2v) is 4.59. The van der Waals surface area contributed by atoms with E-state index in [1.165, 1.54) is 0 Å². The molecule has 0 saturated heterocycles. The van der Waals surface area contributed by atoms with Crippen molar-refractivity contribution in [3.8, 4) is 0 Å². The molecule has 0 fully saturated rings. The van der Waals surface area contributed by atoms with Gasteiger partial charge in [-0.05, 0) is 19.4 Å². The van der Waals surface area contributed by atoms with E-state index in [2.05, 4.69) is 0 Å². The molecule has 5 unspecified atom stereocenters. The number of carboxylic acids is 1. The van der Waals surface area contributed by atoms with Crippen LogP contribution in [0.25, 0.3) is 0 Å². The van der Waals surface area contributed by atoms with Gasteiger partial charge < -0.3 is 46.9 Å². The Balaban J connectivity index is -0.000000338. The minimum Gasteiger partial charge on any atom is -0.480 e. The van der Waals surface area contributed by atoms with E-state index in [-0.39, 0.29) is 25.8 Å². The second-order valence-electron chi connectivity index (χ2n) is 4.59. The number of aliphatic hydroxyl groups excluding tert-OH is 5. The Bertz CT molecular complexity index is 311. The molecule has 10 N–H and O–H groups in total. The molecule has 0 aliphatic rings. The molecule has 0 aliphatic heterocycles. The van der Waals surface area contributed by atoms with Gasteiger partial charge in [-0.1, -0.05) is 6.42 Å². The van der Waals surface area contributed by atoms with Gasteiger partial charge in [-0.3, -0.25) is 4.79 Å². The summed E-state index contributed by atoms with van der Waals surface area (Å²) >= 11 is 0. The first-order chi connectivity index (χ1) is 10.2. The van der Waals surface area contributed by atoms with Gasteiger partial charge in [0.2, 0.25) is 0 Å². The van der Waals surface area contributed by atoms with Gasteiger partial charge in [-0.25, -0.2) is 0 Å². The van der Waals surface area contributed by atoms with Crippen molar-refractivity contribution in [2.24, 2.45) is 11.5 Å². The van der Waals surface area contributed by atoms with Crippen molar-refractivity contribution in [2.45, 2.75) is 49.7 Å². The van der Waals surface area contributed by atoms with Gasteiger partial charge in [0.1, 0.15) is 30.5 Å². The molecule has 0 heterocycles. The third-order valence-electron chi connectivity index (χ3n) is 2.71. The van der Waals surface area contributed by atoms with Gasteiger partial charge in [0, 0.05) is 19.5 Å². The first-order valence-corrected chi connectivity index (χ1v) is 6.69. The Morgan fingerprint density at radius 2 is 1.61 bits per heavy atom. The maximum atomic E-state index is 10.1. The predicted molar refractivity (Wildman–Crippen MR) is 75.7 cm³/mol. The van der Waals surface area contributed by atoms with Crippen molar-refractivity contribution in [2.75, 3.05) is 13.2 Å². The van der Waals surface area contributed by atoms with Crippen LogP contribution >= 0.6 is 0 Å². The molecular weight excluding hydrogens is 366 g/mol. The van der Waals surface area contributed by atoms with E-state index >= 15 is 0 Å².